The van der Waals surface area contributed by atoms with Crippen LogP contribution in [-0.2, 0) is 4.74 Å². The average molecular weight is 541 g/mol. The number of nitrogens with zero attached hydrogens (tertiary/aromatic N) is 4. The molecule has 11 nitrogen and oxygen atoms in total. The van der Waals surface area contributed by atoms with Crippen molar-refractivity contribution in [3.8, 4) is 5.82 Å². The Labute approximate surface area is 232 Å². The number of benzene rings is 2. The minimum atomic E-state index is -0.333. The van der Waals surface area contributed by atoms with Gasteiger partial charge in [0, 0.05) is 48.8 Å². The Morgan fingerprint density at radius 3 is 2.65 bits per heavy atom. The van der Waals surface area contributed by atoms with Gasteiger partial charge in [0.05, 0.1) is 6.61 Å². The summed E-state index contributed by atoms with van der Waals surface area (Å²) in [5.41, 5.74) is 4.11. The Kier molecular flexibility index (Phi) is 8.02. The molecule has 4 aromatic rings. The molecule has 1 aliphatic carbocycles. The lowest BCUT2D eigenvalue weighted by atomic mass is 10.1. The normalized spacial score (nSPS) is 12.6. The monoisotopic (exact) mass is 540 g/mol. The van der Waals surface area contributed by atoms with E-state index in [1.54, 1.807) is 30.0 Å². The van der Waals surface area contributed by atoms with E-state index in [2.05, 4.69) is 36.3 Å². The number of aromatic nitrogens is 4. The number of amides is 2. The van der Waals surface area contributed by atoms with Gasteiger partial charge in [-0.25, -0.2) is 9.97 Å². The molecule has 5 rings (SSSR count). The highest BCUT2D eigenvalue weighted by Gasteiger charge is 2.22. The standard InChI is InChI=1S/C29H32N8O3/c1-18-5-4-6-20(13-18)28(38)34-22-8-7-19(2)23(14-22)35-27-15-24(29(39)30-11-12-40-3)36-37(27)26-16-25(31-17-32-26)33-21-9-10-21/h4-8,13-17,21,35H,9-12H2,1-3H3,(H,30,39)(H,34,38)(H,31,32,33). The van der Waals surface area contributed by atoms with E-state index in [-0.39, 0.29) is 17.5 Å². The maximum absolute atomic E-state index is 12.8. The summed E-state index contributed by atoms with van der Waals surface area (Å²) in [6, 6.07) is 16.9. The van der Waals surface area contributed by atoms with Gasteiger partial charge in [-0.2, -0.15) is 9.78 Å². The van der Waals surface area contributed by atoms with Gasteiger partial charge in [0.25, 0.3) is 11.8 Å². The lowest BCUT2D eigenvalue weighted by molar-refractivity contribution is 0.0931. The predicted octanol–water partition coefficient (Wildman–Crippen LogP) is 4.23. The first-order valence-electron chi connectivity index (χ1n) is 13.1. The van der Waals surface area contributed by atoms with Crippen molar-refractivity contribution < 1.29 is 14.3 Å². The molecule has 11 heteroatoms. The van der Waals surface area contributed by atoms with E-state index in [9.17, 15) is 9.59 Å². The molecule has 0 saturated heterocycles. The highest BCUT2D eigenvalue weighted by Crippen LogP contribution is 2.28. The van der Waals surface area contributed by atoms with Crippen LogP contribution < -0.4 is 21.3 Å². The van der Waals surface area contributed by atoms with Crippen LogP contribution in [0.4, 0.5) is 23.0 Å². The topological polar surface area (TPSA) is 135 Å². The van der Waals surface area contributed by atoms with Crippen molar-refractivity contribution in [2.75, 3.05) is 36.2 Å². The first-order valence-corrected chi connectivity index (χ1v) is 13.1. The second-order valence-electron chi connectivity index (χ2n) is 9.73. The van der Waals surface area contributed by atoms with Gasteiger partial charge in [-0.15, -0.1) is 0 Å². The lowest BCUT2D eigenvalue weighted by Crippen LogP contribution is -2.27. The highest BCUT2D eigenvalue weighted by molar-refractivity contribution is 6.04. The second kappa shape index (κ2) is 12.0. The zero-order valence-corrected chi connectivity index (χ0v) is 22.7. The van der Waals surface area contributed by atoms with Crippen LogP contribution in [0, 0.1) is 13.8 Å². The number of hydrogen-bond acceptors (Lipinski definition) is 8. The van der Waals surface area contributed by atoms with Gasteiger partial charge in [0.1, 0.15) is 18.0 Å². The first-order chi connectivity index (χ1) is 19.4. The molecular formula is C29H32N8O3. The Morgan fingerprint density at radius 2 is 1.88 bits per heavy atom. The molecule has 2 amide bonds. The number of aryl methyl sites for hydroxylation is 2. The van der Waals surface area contributed by atoms with Crippen molar-refractivity contribution in [1.82, 2.24) is 25.1 Å². The van der Waals surface area contributed by atoms with Crippen molar-refractivity contribution in [2.45, 2.75) is 32.7 Å². The van der Waals surface area contributed by atoms with Crippen LogP contribution >= 0.6 is 0 Å². The third kappa shape index (κ3) is 6.62. The van der Waals surface area contributed by atoms with E-state index in [1.807, 2.05) is 50.2 Å². The van der Waals surface area contributed by atoms with Crippen molar-refractivity contribution >= 4 is 34.8 Å². The smallest absolute Gasteiger partial charge is 0.271 e. The zero-order valence-electron chi connectivity index (χ0n) is 22.7. The number of nitrogens with one attached hydrogen (secondary N) is 4. The maximum atomic E-state index is 12.8. The predicted molar refractivity (Wildman–Crippen MR) is 154 cm³/mol. The largest absolute Gasteiger partial charge is 0.383 e. The molecule has 0 atom stereocenters. The van der Waals surface area contributed by atoms with Crippen LogP contribution in [0.5, 0.6) is 0 Å². The third-order valence-electron chi connectivity index (χ3n) is 6.37. The Hall–Kier alpha value is -4.77. The number of anilines is 4. The number of carbonyl (C=O) groups excluding carboxylic acids is 2. The van der Waals surface area contributed by atoms with Gasteiger partial charge in [-0.3, -0.25) is 9.59 Å². The van der Waals surface area contributed by atoms with Crippen LogP contribution in [0.15, 0.2) is 60.9 Å². The molecule has 0 unspecified atom stereocenters. The molecule has 1 saturated carbocycles. The average Bonchev–Trinajstić information content (AvgIpc) is 3.66. The Balaban J connectivity index is 1.43. The molecule has 4 N–H and O–H groups in total. The van der Waals surface area contributed by atoms with Crippen molar-refractivity contribution in [3.05, 3.63) is 83.3 Å². The molecule has 0 bridgehead atoms. The van der Waals surface area contributed by atoms with E-state index >= 15 is 0 Å². The minimum absolute atomic E-state index is 0.199. The molecule has 1 aliphatic rings. The van der Waals surface area contributed by atoms with Gasteiger partial charge < -0.3 is 26.0 Å². The van der Waals surface area contributed by atoms with Crippen molar-refractivity contribution in [1.29, 1.82) is 0 Å². The molecule has 2 heterocycles. The van der Waals surface area contributed by atoms with Crippen molar-refractivity contribution in [3.63, 3.8) is 0 Å². The number of rotatable bonds is 11. The van der Waals surface area contributed by atoms with E-state index in [1.165, 1.54) is 6.33 Å². The fourth-order valence-corrected chi connectivity index (χ4v) is 4.05. The van der Waals surface area contributed by atoms with Gasteiger partial charge >= 0.3 is 0 Å². The van der Waals surface area contributed by atoms with Crippen LogP contribution in [0.1, 0.15) is 44.8 Å². The minimum Gasteiger partial charge on any atom is -0.383 e. The lowest BCUT2D eigenvalue weighted by Gasteiger charge is -2.14. The fraction of sp³-hybridized carbons (Fsp3) is 0.276. The summed E-state index contributed by atoms with van der Waals surface area (Å²) < 4.78 is 6.61. The number of carbonyl (C=O) groups is 2. The molecule has 40 heavy (non-hydrogen) atoms. The molecule has 2 aromatic heterocycles. The third-order valence-corrected chi connectivity index (χ3v) is 6.37. The van der Waals surface area contributed by atoms with Gasteiger partial charge in [-0.1, -0.05) is 23.8 Å². The summed E-state index contributed by atoms with van der Waals surface area (Å²) in [7, 11) is 1.57. The Bertz CT molecular complexity index is 1530. The van der Waals surface area contributed by atoms with Crippen LogP contribution in [0.3, 0.4) is 0 Å². The fourth-order valence-electron chi connectivity index (χ4n) is 4.05. The number of hydrogen-bond donors (Lipinski definition) is 4. The molecule has 1 fully saturated rings. The second-order valence-corrected chi connectivity index (χ2v) is 9.73. The van der Waals surface area contributed by atoms with Crippen molar-refractivity contribution in [2.24, 2.45) is 0 Å². The Morgan fingerprint density at radius 1 is 1.02 bits per heavy atom. The van der Waals surface area contributed by atoms with Gasteiger partial charge in [0.2, 0.25) is 0 Å². The number of ether oxygens (including phenoxy) is 1. The van der Waals surface area contributed by atoms with Gasteiger partial charge in [0.15, 0.2) is 11.5 Å². The van der Waals surface area contributed by atoms with E-state index in [4.69, 9.17) is 4.74 Å². The molecule has 0 spiro atoms. The molecule has 0 radical (unpaired) electrons. The van der Waals surface area contributed by atoms with Crippen LogP contribution in [0.25, 0.3) is 5.82 Å². The summed E-state index contributed by atoms with van der Waals surface area (Å²) in [6.07, 6.45) is 3.68. The summed E-state index contributed by atoms with van der Waals surface area (Å²) >= 11 is 0. The maximum Gasteiger partial charge on any atom is 0.271 e. The van der Waals surface area contributed by atoms with Crippen LogP contribution in [-0.4, -0.2) is 57.9 Å². The summed E-state index contributed by atoms with van der Waals surface area (Å²) in [5.74, 6) is 1.18. The zero-order chi connectivity index (χ0) is 28.1. The van der Waals surface area contributed by atoms with E-state index < -0.39 is 0 Å². The van der Waals surface area contributed by atoms with Crippen LogP contribution in [0.2, 0.25) is 0 Å². The quantitative estimate of drug-likeness (QED) is 0.208. The number of methoxy groups -OCH3 is 1. The SMILES string of the molecule is COCCNC(=O)c1cc(Nc2cc(NC(=O)c3cccc(C)c3)ccc2C)n(-c2cc(NC3CC3)ncn2)n1. The molecule has 206 valence electrons. The van der Waals surface area contributed by atoms with E-state index in [0.29, 0.717) is 47.9 Å². The summed E-state index contributed by atoms with van der Waals surface area (Å²) in [6.45, 7) is 4.65. The van der Waals surface area contributed by atoms with E-state index in [0.717, 1.165) is 29.7 Å². The molecule has 2 aromatic carbocycles. The summed E-state index contributed by atoms with van der Waals surface area (Å²) in [4.78, 5) is 34.4. The van der Waals surface area contributed by atoms with Gasteiger partial charge in [-0.05, 0) is 56.5 Å². The first kappa shape index (κ1) is 26.8. The summed E-state index contributed by atoms with van der Waals surface area (Å²) in [5, 5.41) is 17.1. The highest BCUT2D eigenvalue weighted by atomic mass is 16.5. The molecular weight excluding hydrogens is 508 g/mol. The molecule has 0 aliphatic heterocycles.